The average Bonchev–Trinajstić information content (AvgIpc) is 2.73. The van der Waals surface area contributed by atoms with Crippen molar-refractivity contribution in [3.8, 4) is 5.75 Å². The number of aryl methyl sites for hydroxylation is 2. The molecule has 1 heterocycles. The Kier molecular flexibility index (Phi) is 7.29. The molecule has 0 saturated carbocycles. The molecule has 0 bridgehead atoms. The van der Waals surface area contributed by atoms with Crippen LogP contribution in [-0.4, -0.2) is 61.2 Å². The summed E-state index contributed by atoms with van der Waals surface area (Å²) in [6.45, 7) is 10.8. The fraction of sp³-hybridized carbons (Fsp3) is 0.458. The van der Waals surface area contributed by atoms with Gasteiger partial charge >= 0.3 is 0 Å². The molecule has 5 nitrogen and oxygen atoms in total. The van der Waals surface area contributed by atoms with Crippen LogP contribution in [0, 0.1) is 13.8 Å². The fourth-order valence-corrected chi connectivity index (χ4v) is 3.82. The van der Waals surface area contributed by atoms with E-state index in [0.29, 0.717) is 24.3 Å². The first-order chi connectivity index (χ1) is 14.0. The van der Waals surface area contributed by atoms with Crippen LogP contribution in [0.5, 0.6) is 5.75 Å². The third-order valence-electron chi connectivity index (χ3n) is 5.47. The number of nitrogens with zero attached hydrogens (tertiary/aromatic N) is 2. The molecule has 1 N–H and O–H groups in total. The number of hydrogen-bond acceptors (Lipinski definition) is 5. The first kappa shape index (κ1) is 21.3. The third-order valence-corrected chi connectivity index (χ3v) is 5.47. The van der Waals surface area contributed by atoms with Gasteiger partial charge in [0.05, 0.1) is 0 Å². The number of rotatable bonds is 8. The van der Waals surface area contributed by atoms with Gasteiger partial charge in [-0.05, 0) is 49.7 Å². The monoisotopic (exact) mass is 396 g/mol. The number of aliphatic hydroxyl groups excluding tert-OH is 1. The molecule has 2 aromatic carbocycles. The van der Waals surface area contributed by atoms with Gasteiger partial charge in [0.1, 0.15) is 18.5 Å². The highest BCUT2D eigenvalue weighted by Gasteiger charge is 2.20. The summed E-state index contributed by atoms with van der Waals surface area (Å²) in [6, 6.07) is 13.7. The maximum absolute atomic E-state index is 11.7. The van der Waals surface area contributed by atoms with Gasteiger partial charge in [-0.2, -0.15) is 0 Å². The minimum absolute atomic E-state index is 0.122. The van der Waals surface area contributed by atoms with Crippen LogP contribution in [0.15, 0.2) is 42.5 Å². The van der Waals surface area contributed by atoms with Gasteiger partial charge < -0.3 is 14.7 Å². The van der Waals surface area contributed by atoms with Crippen molar-refractivity contribution in [3.05, 3.63) is 59.2 Å². The van der Waals surface area contributed by atoms with E-state index >= 15 is 0 Å². The van der Waals surface area contributed by atoms with Crippen molar-refractivity contribution in [1.82, 2.24) is 4.90 Å². The van der Waals surface area contributed by atoms with Crippen LogP contribution >= 0.6 is 0 Å². The van der Waals surface area contributed by atoms with Crippen LogP contribution in [0.25, 0.3) is 0 Å². The highest BCUT2D eigenvalue weighted by atomic mass is 16.5. The quantitative estimate of drug-likeness (QED) is 0.693. The number of carbonyl (C=O) groups excluding carboxylic acids is 1. The number of ketones is 1. The predicted octanol–water partition coefficient (Wildman–Crippen LogP) is 3.46. The molecule has 1 saturated heterocycles. The van der Waals surface area contributed by atoms with Crippen molar-refractivity contribution < 1.29 is 14.6 Å². The zero-order valence-electron chi connectivity index (χ0n) is 17.7. The SMILES string of the molecule is CCC(=O)c1ccc(OC[C@@H](O)CN2CCN(c3ccc(C)cc3C)CC2)cc1. The second-order valence-corrected chi connectivity index (χ2v) is 7.84. The van der Waals surface area contributed by atoms with E-state index in [-0.39, 0.29) is 12.4 Å². The van der Waals surface area contributed by atoms with Gasteiger partial charge in [0.15, 0.2) is 5.78 Å². The van der Waals surface area contributed by atoms with E-state index in [4.69, 9.17) is 4.74 Å². The lowest BCUT2D eigenvalue weighted by Gasteiger charge is -2.37. The molecule has 2 aromatic rings. The van der Waals surface area contributed by atoms with Gasteiger partial charge in [-0.15, -0.1) is 0 Å². The summed E-state index contributed by atoms with van der Waals surface area (Å²) < 4.78 is 5.70. The van der Waals surface area contributed by atoms with Gasteiger partial charge in [0.2, 0.25) is 0 Å². The molecule has 0 radical (unpaired) electrons. The van der Waals surface area contributed by atoms with Gasteiger partial charge in [0.25, 0.3) is 0 Å². The van der Waals surface area contributed by atoms with Crippen molar-refractivity contribution in [2.24, 2.45) is 0 Å². The predicted molar refractivity (Wildman–Crippen MR) is 117 cm³/mol. The van der Waals surface area contributed by atoms with Crippen molar-refractivity contribution >= 4 is 11.5 Å². The summed E-state index contributed by atoms with van der Waals surface area (Å²) in [7, 11) is 0. The van der Waals surface area contributed by atoms with E-state index in [1.54, 1.807) is 24.3 Å². The number of hydrogen-bond donors (Lipinski definition) is 1. The molecule has 0 unspecified atom stereocenters. The van der Waals surface area contributed by atoms with Gasteiger partial charge in [-0.1, -0.05) is 24.6 Å². The summed E-state index contributed by atoms with van der Waals surface area (Å²) in [5.41, 5.74) is 4.62. The Bertz CT molecular complexity index is 811. The number of anilines is 1. The molecule has 0 aliphatic carbocycles. The number of β-amino-alcohol motifs (C(OH)–C–C–N with tert-alkyl or cyclic N) is 1. The van der Waals surface area contributed by atoms with Crippen LogP contribution < -0.4 is 9.64 Å². The van der Waals surface area contributed by atoms with E-state index in [1.807, 2.05) is 6.92 Å². The van der Waals surface area contributed by atoms with Crippen LogP contribution in [0.2, 0.25) is 0 Å². The summed E-state index contributed by atoms with van der Waals surface area (Å²) in [4.78, 5) is 16.4. The summed E-state index contributed by atoms with van der Waals surface area (Å²) in [5.74, 6) is 0.799. The van der Waals surface area contributed by atoms with E-state index in [2.05, 4.69) is 41.8 Å². The van der Waals surface area contributed by atoms with Gasteiger partial charge in [-0.3, -0.25) is 9.69 Å². The standard InChI is InChI=1S/C24H32N2O3/c1-4-24(28)20-6-8-22(9-7-20)29-17-21(27)16-25-11-13-26(14-12-25)23-10-5-18(2)15-19(23)3/h5-10,15,21,27H,4,11-14,16-17H2,1-3H3/t21-/m0/s1. The van der Waals surface area contributed by atoms with Gasteiger partial charge in [-0.25, -0.2) is 0 Å². The molecule has 0 spiro atoms. The zero-order chi connectivity index (χ0) is 20.8. The number of benzene rings is 2. The second-order valence-electron chi connectivity index (χ2n) is 7.84. The molecule has 1 aliphatic heterocycles. The molecule has 1 fully saturated rings. The Labute approximate surface area is 173 Å². The molecular weight excluding hydrogens is 364 g/mol. The topological polar surface area (TPSA) is 53.0 Å². The lowest BCUT2D eigenvalue weighted by Crippen LogP contribution is -2.49. The molecular formula is C24H32N2O3. The maximum Gasteiger partial charge on any atom is 0.162 e. The Hall–Kier alpha value is -2.37. The normalized spacial score (nSPS) is 15.9. The van der Waals surface area contributed by atoms with E-state index < -0.39 is 6.10 Å². The number of carbonyl (C=O) groups is 1. The Morgan fingerprint density at radius 2 is 1.76 bits per heavy atom. The van der Waals surface area contributed by atoms with E-state index in [9.17, 15) is 9.90 Å². The van der Waals surface area contributed by atoms with Gasteiger partial charge in [0, 0.05) is 50.4 Å². The molecule has 1 atom stereocenters. The molecule has 0 aromatic heterocycles. The number of ether oxygens (including phenoxy) is 1. The van der Waals surface area contributed by atoms with Crippen molar-refractivity contribution in [2.75, 3.05) is 44.2 Å². The molecule has 29 heavy (non-hydrogen) atoms. The molecule has 3 rings (SSSR count). The van der Waals surface area contributed by atoms with Crippen LogP contribution in [0.1, 0.15) is 34.8 Å². The second kappa shape index (κ2) is 9.90. The highest BCUT2D eigenvalue weighted by Crippen LogP contribution is 2.22. The Morgan fingerprint density at radius 1 is 1.07 bits per heavy atom. The largest absolute Gasteiger partial charge is 0.491 e. The van der Waals surface area contributed by atoms with E-state index in [0.717, 1.165) is 26.2 Å². The van der Waals surface area contributed by atoms with Crippen molar-refractivity contribution in [3.63, 3.8) is 0 Å². The first-order valence-corrected chi connectivity index (χ1v) is 10.4. The smallest absolute Gasteiger partial charge is 0.162 e. The maximum atomic E-state index is 11.7. The number of Topliss-reactive ketones (excluding diaryl/α,β-unsaturated/α-hetero) is 1. The lowest BCUT2D eigenvalue weighted by atomic mass is 10.1. The summed E-state index contributed by atoms with van der Waals surface area (Å²) in [6.07, 6.45) is -0.0463. The molecule has 0 amide bonds. The number of piperazine rings is 1. The molecule has 156 valence electrons. The zero-order valence-corrected chi connectivity index (χ0v) is 17.7. The highest BCUT2D eigenvalue weighted by molar-refractivity contribution is 5.95. The number of aliphatic hydroxyl groups is 1. The summed E-state index contributed by atoms with van der Waals surface area (Å²) in [5, 5.41) is 10.4. The van der Waals surface area contributed by atoms with Crippen molar-refractivity contribution in [2.45, 2.75) is 33.3 Å². The summed E-state index contributed by atoms with van der Waals surface area (Å²) >= 11 is 0. The minimum Gasteiger partial charge on any atom is -0.491 e. The van der Waals surface area contributed by atoms with Crippen molar-refractivity contribution in [1.29, 1.82) is 0 Å². The first-order valence-electron chi connectivity index (χ1n) is 10.4. The minimum atomic E-state index is -0.542. The van der Waals surface area contributed by atoms with Crippen LogP contribution in [0.4, 0.5) is 5.69 Å². The van der Waals surface area contributed by atoms with E-state index in [1.165, 1.54) is 16.8 Å². The van der Waals surface area contributed by atoms with Crippen LogP contribution in [0.3, 0.4) is 0 Å². The average molecular weight is 397 g/mol. The molecule has 5 heteroatoms. The Morgan fingerprint density at radius 3 is 2.38 bits per heavy atom. The Balaban J connectivity index is 1.42. The third kappa shape index (κ3) is 5.81. The lowest BCUT2D eigenvalue weighted by molar-refractivity contribution is 0.0663. The fourth-order valence-electron chi connectivity index (χ4n) is 3.82. The van der Waals surface area contributed by atoms with Crippen LogP contribution in [-0.2, 0) is 0 Å². The molecule has 1 aliphatic rings.